The summed E-state index contributed by atoms with van der Waals surface area (Å²) in [6.45, 7) is 1.07. The van der Waals surface area contributed by atoms with Gasteiger partial charge in [-0.2, -0.15) is 0 Å². The molecule has 24 heavy (non-hydrogen) atoms. The Morgan fingerprint density at radius 2 is 1.83 bits per heavy atom. The molecule has 2 aromatic carbocycles. The number of rotatable bonds is 7. The molecule has 0 unspecified atom stereocenters. The molecular formula is C17H16Cl2F2N2O. The van der Waals surface area contributed by atoms with Crippen molar-refractivity contribution in [2.24, 2.45) is 0 Å². The third kappa shape index (κ3) is 5.74. The number of halogens is 4. The number of nitrogens with one attached hydrogen (secondary N) is 2. The Morgan fingerprint density at radius 3 is 2.54 bits per heavy atom. The van der Waals surface area contributed by atoms with Crippen molar-refractivity contribution in [2.45, 2.75) is 12.8 Å². The van der Waals surface area contributed by atoms with Crippen LogP contribution in [0, 0.1) is 11.6 Å². The van der Waals surface area contributed by atoms with Crippen molar-refractivity contribution < 1.29 is 13.6 Å². The lowest BCUT2D eigenvalue weighted by Crippen LogP contribution is -2.24. The van der Waals surface area contributed by atoms with Crippen LogP contribution in [0.4, 0.5) is 14.5 Å². The second-order valence-electron chi connectivity index (χ2n) is 5.16. The lowest BCUT2D eigenvalue weighted by molar-refractivity contribution is -0.116. The van der Waals surface area contributed by atoms with Gasteiger partial charge in [-0.3, -0.25) is 4.79 Å². The van der Waals surface area contributed by atoms with Crippen molar-refractivity contribution in [3.05, 3.63) is 63.6 Å². The lowest BCUT2D eigenvalue weighted by atomic mass is 10.1. The van der Waals surface area contributed by atoms with Gasteiger partial charge in [0, 0.05) is 29.1 Å². The number of amides is 1. The third-order valence-corrected chi connectivity index (χ3v) is 3.91. The average Bonchev–Trinajstić information content (AvgIpc) is 2.51. The van der Waals surface area contributed by atoms with Crippen molar-refractivity contribution in [3.8, 4) is 0 Å². The van der Waals surface area contributed by atoms with Gasteiger partial charge in [0.15, 0.2) is 0 Å². The minimum atomic E-state index is -0.798. The molecule has 2 rings (SSSR count). The fourth-order valence-electron chi connectivity index (χ4n) is 2.08. The molecule has 3 nitrogen and oxygen atoms in total. The molecule has 0 aliphatic rings. The zero-order valence-corrected chi connectivity index (χ0v) is 14.2. The van der Waals surface area contributed by atoms with E-state index in [0.29, 0.717) is 29.6 Å². The highest BCUT2D eigenvalue weighted by Gasteiger charge is 2.08. The first-order chi connectivity index (χ1) is 11.5. The van der Waals surface area contributed by atoms with Crippen LogP contribution in [0.2, 0.25) is 10.0 Å². The van der Waals surface area contributed by atoms with Gasteiger partial charge in [0.1, 0.15) is 11.6 Å². The summed E-state index contributed by atoms with van der Waals surface area (Å²) in [6.07, 6.45) is 0.870. The van der Waals surface area contributed by atoms with E-state index in [2.05, 4.69) is 10.6 Å². The lowest BCUT2D eigenvalue weighted by Gasteiger charge is -2.08. The minimum Gasteiger partial charge on any atom is -0.324 e. The Hall–Kier alpha value is -1.69. The number of anilines is 1. The Bertz CT molecular complexity index is 726. The first-order valence-electron chi connectivity index (χ1n) is 7.35. The van der Waals surface area contributed by atoms with Crippen LogP contribution in [-0.2, 0) is 11.2 Å². The summed E-state index contributed by atoms with van der Waals surface area (Å²) in [6, 6.07) is 8.32. The highest BCUT2D eigenvalue weighted by atomic mass is 35.5. The van der Waals surface area contributed by atoms with Crippen LogP contribution in [-0.4, -0.2) is 19.0 Å². The molecule has 7 heteroatoms. The van der Waals surface area contributed by atoms with Crippen molar-refractivity contribution >= 4 is 34.8 Å². The van der Waals surface area contributed by atoms with Gasteiger partial charge in [-0.25, -0.2) is 8.78 Å². The molecule has 0 spiro atoms. The molecule has 0 radical (unpaired) electrons. The molecule has 2 aromatic rings. The predicted molar refractivity (Wildman–Crippen MR) is 92.6 cm³/mol. The van der Waals surface area contributed by atoms with E-state index in [0.717, 1.165) is 17.7 Å². The van der Waals surface area contributed by atoms with E-state index in [9.17, 15) is 13.6 Å². The molecule has 1 amide bonds. The van der Waals surface area contributed by atoms with Crippen molar-refractivity contribution in [2.75, 3.05) is 18.4 Å². The van der Waals surface area contributed by atoms with Crippen LogP contribution in [0.25, 0.3) is 0 Å². The first-order valence-corrected chi connectivity index (χ1v) is 8.11. The number of hydrogen-bond acceptors (Lipinski definition) is 2. The summed E-state index contributed by atoms with van der Waals surface area (Å²) in [7, 11) is 0. The second-order valence-corrected chi connectivity index (χ2v) is 6.00. The summed E-state index contributed by atoms with van der Waals surface area (Å²) in [4.78, 5) is 11.7. The molecule has 0 fully saturated rings. The standard InChI is InChI=1S/C17H16Cl2F2N2O/c18-12-2-1-11(14(19)9-12)5-7-22-8-6-17(24)23-16-4-3-13(20)10-15(16)21/h1-4,9-10,22H,5-8H2,(H,23,24). The number of benzene rings is 2. The van der Waals surface area contributed by atoms with Gasteiger partial charge < -0.3 is 10.6 Å². The van der Waals surface area contributed by atoms with Gasteiger partial charge in [0.05, 0.1) is 5.69 Å². The zero-order valence-electron chi connectivity index (χ0n) is 12.7. The maximum atomic E-state index is 13.4. The largest absolute Gasteiger partial charge is 0.324 e. The Kier molecular flexibility index (Phi) is 6.97. The second kappa shape index (κ2) is 8.97. The molecule has 0 heterocycles. The van der Waals surface area contributed by atoms with E-state index in [-0.39, 0.29) is 18.0 Å². The van der Waals surface area contributed by atoms with E-state index in [1.807, 2.05) is 6.07 Å². The summed E-state index contributed by atoms with van der Waals surface area (Å²) >= 11 is 11.9. The monoisotopic (exact) mass is 372 g/mol. The maximum Gasteiger partial charge on any atom is 0.225 e. The first kappa shape index (κ1) is 18.6. The van der Waals surface area contributed by atoms with Gasteiger partial charge >= 0.3 is 0 Å². The van der Waals surface area contributed by atoms with E-state index in [4.69, 9.17) is 23.2 Å². The van der Waals surface area contributed by atoms with Crippen LogP contribution >= 0.6 is 23.2 Å². The van der Waals surface area contributed by atoms with Crippen molar-refractivity contribution in [1.82, 2.24) is 5.32 Å². The van der Waals surface area contributed by atoms with E-state index in [1.165, 1.54) is 6.07 Å². The quantitative estimate of drug-likeness (QED) is 0.705. The van der Waals surface area contributed by atoms with Crippen LogP contribution in [0.5, 0.6) is 0 Å². The smallest absolute Gasteiger partial charge is 0.225 e. The predicted octanol–water partition coefficient (Wildman–Crippen LogP) is 4.43. The normalized spacial score (nSPS) is 10.7. The third-order valence-electron chi connectivity index (χ3n) is 3.32. The van der Waals surface area contributed by atoms with Crippen molar-refractivity contribution in [3.63, 3.8) is 0 Å². The topological polar surface area (TPSA) is 41.1 Å². The molecule has 0 saturated carbocycles. The zero-order chi connectivity index (χ0) is 17.5. The highest BCUT2D eigenvalue weighted by Crippen LogP contribution is 2.21. The fourth-order valence-corrected chi connectivity index (χ4v) is 2.58. The number of carbonyl (C=O) groups excluding carboxylic acids is 1. The van der Waals surface area contributed by atoms with Crippen LogP contribution in [0.15, 0.2) is 36.4 Å². The Balaban J connectivity index is 1.69. The number of hydrogen-bond donors (Lipinski definition) is 2. The molecule has 0 aliphatic heterocycles. The molecule has 0 aliphatic carbocycles. The van der Waals surface area contributed by atoms with E-state index in [1.54, 1.807) is 12.1 Å². The Morgan fingerprint density at radius 1 is 1.04 bits per heavy atom. The maximum absolute atomic E-state index is 13.4. The van der Waals surface area contributed by atoms with E-state index < -0.39 is 11.6 Å². The molecule has 0 aromatic heterocycles. The van der Waals surface area contributed by atoms with Crippen LogP contribution in [0.3, 0.4) is 0 Å². The van der Waals surface area contributed by atoms with E-state index >= 15 is 0 Å². The van der Waals surface area contributed by atoms with Gasteiger partial charge in [-0.05, 0) is 42.8 Å². The molecular weight excluding hydrogens is 357 g/mol. The minimum absolute atomic E-state index is 0.0330. The molecule has 0 bridgehead atoms. The molecule has 0 saturated heterocycles. The Labute approximate surface area is 149 Å². The van der Waals surface area contributed by atoms with Gasteiger partial charge in [-0.1, -0.05) is 29.3 Å². The van der Waals surface area contributed by atoms with Gasteiger partial charge in [-0.15, -0.1) is 0 Å². The molecule has 0 atom stereocenters. The van der Waals surface area contributed by atoms with Crippen LogP contribution in [0.1, 0.15) is 12.0 Å². The fraction of sp³-hybridized carbons (Fsp3) is 0.235. The summed E-state index contributed by atoms with van der Waals surface area (Å²) in [5.74, 6) is -1.83. The summed E-state index contributed by atoms with van der Waals surface area (Å²) < 4.78 is 26.2. The van der Waals surface area contributed by atoms with Gasteiger partial charge in [0.25, 0.3) is 0 Å². The highest BCUT2D eigenvalue weighted by molar-refractivity contribution is 6.35. The SMILES string of the molecule is O=C(CCNCCc1ccc(Cl)cc1Cl)Nc1ccc(F)cc1F. The summed E-state index contributed by atoms with van der Waals surface area (Å²) in [5.41, 5.74) is 0.931. The number of carbonyl (C=O) groups is 1. The molecule has 2 N–H and O–H groups in total. The van der Waals surface area contributed by atoms with Crippen molar-refractivity contribution in [1.29, 1.82) is 0 Å². The van der Waals surface area contributed by atoms with Crippen LogP contribution < -0.4 is 10.6 Å². The average molecular weight is 373 g/mol. The summed E-state index contributed by atoms with van der Waals surface area (Å²) in [5, 5.41) is 6.70. The molecule has 128 valence electrons. The van der Waals surface area contributed by atoms with Gasteiger partial charge in [0.2, 0.25) is 5.91 Å².